The molecule has 1 aliphatic rings. The van der Waals surface area contributed by atoms with Gasteiger partial charge in [0, 0.05) is 51.1 Å². The fourth-order valence-electron chi connectivity index (χ4n) is 1.87. The van der Waals surface area contributed by atoms with Gasteiger partial charge in [-0.15, -0.1) is 0 Å². The van der Waals surface area contributed by atoms with E-state index in [-0.39, 0.29) is 11.5 Å². The maximum Gasteiger partial charge on any atom is 0.254 e. The summed E-state index contributed by atoms with van der Waals surface area (Å²) >= 11 is 0. The molecule has 1 aromatic rings. The molecule has 17 heavy (non-hydrogen) atoms. The van der Waals surface area contributed by atoms with Gasteiger partial charge in [0.05, 0.1) is 0 Å². The quantitative estimate of drug-likeness (QED) is 0.675. The number of rotatable bonds is 1. The van der Waals surface area contributed by atoms with Gasteiger partial charge in [0.1, 0.15) is 0 Å². The van der Waals surface area contributed by atoms with E-state index in [0.717, 1.165) is 26.2 Å². The summed E-state index contributed by atoms with van der Waals surface area (Å²) in [6.07, 6.45) is 1.63. The van der Waals surface area contributed by atoms with Crippen LogP contribution in [0.1, 0.15) is 10.4 Å². The lowest BCUT2D eigenvalue weighted by atomic mass is 10.2. The second-order valence-electron chi connectivity index (χ2n) is 4.46. The highest BCUT2D eigenvalue weighted by atomic mass is 16.2. The van der Waals surface area contributed by atoms with Gasteiger partial charge in [0.15, 0.2) is 0 Å². The predicted octanol–water partition coefficient (Wildman–Crippen LogP) is -0.227. The van der Waals surface area contributed by atoms with Gasteiger partial charge in [-0.1, -0.05) is 0 Å². The van der Waals surface area contributed by atoms with Gasteiger partial charge in [0.2, 0.25) is 0 Å². The predicted molar refractivity (Wildman–Crippen MR) is 65.1 cm³/mol. The van der Waals surface area contributed by atoms with Crippen LogP contribution in [-0.2, 0) is 7.05 Å². The van der Waals surface area contributed by atoms with Gasteiger partial charge in [-0.2, -0.15) is 0 Å². The lowest BCUT2D eigenvalue weighted by molar-refractivity contribution is 0.0664. The van der Waals surface area contributed by atoms with Crippen LogP contribution in [0, 0.1) is 0 Å². The van der Waals surface area contributed by atoms with E-state index >= 15 is 0 Å². The fourth-order valence-corrected chi connectivity index (χ4v) is 1.87. The lowest BCUT2D eigenvalue weighted by Gasteiger charge is -2.32. The van der Waals surface area contributed by atoms with Crippen molar-refractivity contribution in [1.29, 1.82) is 0 Å². The third kappa shape index (κ3) is 2.55. The van der Waals surface area contributed by atoms with Gasteiger partial charge in [-0.25, -0.2) is 0 Å². The summed E-state index contributed by atoms with van der Waals surface area (Å²) in [5.41, 5.74) is 0.336. The van der Waals surface area contributed by atoms with Crippen molar-refractivity contribution >= 4 is 5.91 Å². The summed E-state index contributed by atoms with van der Waals surface area (Å²) in [6.45, 7) is 3.22. The maximum absolute atomic E-state index is 12.1. The van der Waals surface area contributed by atoms with Crippen LogP contribution in [0.4, 0.5) is 0 Å². The minimum Gasteiger partial charge on any atom is -0.336 e. The third-order valence-corrected chi connectivity index (χ3v) is 3.14. The summed E-state index contributed by atoms with van der Waals surface area (Å²) in [5, 5.41) is 0. The first-order valence-electron chi connectivity index (χ1n) is 5.72. The molecule has 1 saturated heterocycles. The summed E-state index contributed by atoms with van der Waals surface area (Å²) in [5.74, 6) is -0.0456. The van der Waals surface area contributed by atoms with E-state index in [4.69, 9.17) is 0 Å². The fraction of sp³-hybridized carbons (Fsp3) is 0.500. The maximum atomic E-state index is 12.1. The van der Waals surface area contributed by atoms with Crippen molar-refractivity contribution in [3.63, 3.8) is 0 Å². The number of hydrogen-bond acceptors (Lipinski definition) is 3. The number of aromatic nitrogens is 1. The summed E-state index contributed by atoms with van der Waals surface area (Å²) in [7, 11) is 3.71. The smallest absolute Gasteiger partial charge is 0.254 e. The summed E-state index contributed by atoms with van der Waals surface area (Å²) in [4.78, 5) is 27.6. The van der Waals surface area contributed by atoms with Crippen LogP contribution in [0.2, 0.25) is 0 Å². The molecule has 0 radical (unpaired) electrons. The summed E-state index contributed by atoms with van der Waals surface area (Å²) < 4.78 is 1.46. The Morgan fingerprint density at radius 1 is 1.18 bits per heavy atom. The molecule has 0 saturated carbocycles. The first-order valence-corrected chi connectivity index (χ1v) is 5.72. The molecule has 2 heterocycles. The number of nitrogens with zero attached hydrogens (tertiary/aromatic N) is 3. The first-order chi connectivity index (χ1) is 8.08. The number of hydrogen-bond donors (Lipinski definition) is 0. The van der Waals surface area contributed by atoms with Crippen LogP contribution in [0.25, 0.3) is 0 Å². The molecule has 1 fully saturated rings. The molecule has 2 rings (SSSR count). The highest BCUT2D eigenvalue weighted by Crippen LogP contribution is 2.06. The first kappa shape index (κ1) is 11.9. The van der Waals surface area contributed by atoms with E-state index in [0.29, 0.717) is 5.56 Å². The summed E-state index contributed by atoms with van der Waals surface area (Å²) in [6, 6.07) is 3.10. The molecule has 1 aliphatic heterocycles. The van der Waals surface area contributed by atoms with E-state index < -0.39 is 0 Å². The van der Waals surface area contributed by atoms with E-state index in [1.54, 1.807) is 24.2 Å². The number of likely N-dealkylation sites (N-methyl/N-ethyl adjacent to an activating group) is 1. The van der Waals surface area contributed by atoms with Gasteiger partial charge in [-0.3, -0.25) is 9.59 Å². The van der Waals surface area contributed by atoms with Gasteiger partial charge >= 0.3 is 0 Å². The highest BCUT2D eigenvalue weighted by Gasteiger charge is 2.20. The van der Waals surface area contributed by atoms with E-state index in [2.05, 4.69) is 4.90 Å². The van der Waals surface area contributed by atoms with Crippen molar-refractivity contribution < 1.29 is 4.79 Å². The van der Waals surface area contributed by atoms with Crippen LogP contribution < -0.4 is 5.56 Å². The largest absolute Gasteiger partial charge is 0.336 e. The SMILES string of the molecule is CN1CCN(C(=O)c2ccn(C)c(=O)c2)CC1. The Morgan fingerprint density at radius 2 is 1.82 bits per heavy atom. The zero-order valence-electron chi connectivity index (χ0n) is 10.2. The lowest BCUT2D eigenvalue weighted by Crippen LogP contribution is -2.47. The Kier molecular flexibility index (Phi) is 3.28. The number of carbonyl (C=O) groups is 1. The van der Waals surface area contributed by atoms with Crippen molar-refractivity contribution in [2.45, 2.75) is 0 Å². The molecule has 0 unspecified atom stereocenters. The molecule has 5 heteroatoms. The van der Waals surface area contributed by atoms with Crippen molar-refractivity contribution in [3.8, 4) is 0 Å². The molecule has 0 aliphatic carbocycles. The van der Waals surface area contributed by atoms with Gasteiger partial charge in [-0.05, 0) is 13.1 Å². The Bertz CT molecular complexity index is 473. The second-order valence-corrected chi connectivity index (χ2v) is 4.46. The van der Waals surface area contributed by atoms with Crippen molar-refractivity contribution in [2.24, 2.45) is 7.05 Å². The Labute approximate surface area is 100 Å². The Morgan fingerprint density at radius 3 is 2.41 bits per heavy atom. The Hall–Kier alpha value is -1.62. The zero-order valence-corrected chi connectivity index (χ0v) is 10.2. The van der Waals surface area contributed by atoms with Crippen molar-refractivity contribution in [3.05, 3.63) is 34.2 Å². The molecule has 1 amide bonds. The number of aryl methyl sites for hydroxylation is 1. The van der Waals surface area contributed by atoms with Crippen LogP contribution >= 0.6 is 0 Å². The van der Waals surface area contributed by atoms with Crippen LogP contribution in [0.15, 0.2) is 23.1 Å². The standard InChI is InChI=1S/C12H17N3O2/c1-13-5-7-15(8-6-13)12(17)10-3-4-14(2)11(16)9-10/h3-4,9H,5-8H2,1-2H3. The van der Waals surface area contributed by atoms with Crippen molar-refractivity contribution in [2.75, 3.05) is 33.2 Å². The minimum atomic E-state index is -0.148. The number of pyridine rings is 1. The van der Waals surface area contributed by atoms with E-state index in [1.165, 1.54) is 10.6 Å². The zero-order chi connectivity index (χ0) is 12.4. The number of piperazine rings is 1. The number of carbonyl (C=O) groups excluding carboxylic acids is 1. The molecule has 0 spiro atoms. The highest BCUT2D eigenvalue weighted by molar-refractivity contribution is 5.94. The van der Waals surface area contributed by atoms with E-state index in [9.17, 15) is 9.59 Å². The van der Waals surface area contributed by atoms with E-state index in [1.807, 2.05) is 7.05 Å². The van der Waals surface area contributed by atoms with Gasteiger partial charge < -0.3 is 14.4 Å². The topological polar surface area (TPSA) is 45.5 Å². The van der Waals surface area contributed by atoms with Gasteiger partial charge in [0.25, 0.3) is 11.5 Å². The third-order valence-electron chi connectivity index (χ3n) is 3.14. The molecule has 0 atom stereocenters. The molecule has 92 valence electrons. The molecule has 5 nitrogen and oxygen atoms in total. The second kappa shape index (κ2) is 4.71. The van der Waals surface area contributed by atoms with Crippen LogP contribution in [0.5, 0.6) is 0 Å². The molecule has 1 aromatic heterocycles. The Balaban J connectivity index is 2.14. The normalized spacial score (nSPS) is 17.2. The average Bonchev–Trinajstić information content (AvgIpc) is 2.33. The molecular weight excluding hydrogens is 218 g/mol. The molecular formula is C12H17N3O2. The molecule has 0 N–H and O–H groups in total. The monoisotopic (exact) mass is 235 g/mol. The number of amides is 1. The van der Waals surface area contributed by atoms with Crippen LogP contribution in [0.3, 0.4) is 0 Å². The van der Waals surface area contributed by atoms with Crippen molar-refractivity contribution in [1.82, 2.24) is 14.4 Å². The molecule has 0 aromatic carbocycles. The average molecular weight is 235 g/mol. The molecule has 0 bridgehead atoms. The minimum absolute atomic E-state index is 0.0456. The van der Waals surface area contributed by atoms with Crippen LogP contribution in [-0.4, -0.2) is 53.5 Å².